The molecule has 110 valence electrons. The Kier molecular flexibility index (Phi) is 3.77. The monoisotopic (exact) mass is 273 g/mol. The van der Waals surface area contributed by atoms with Gasteiger partial charge in [0.1, 0.15) is 0 Å². The van der Waals surface area contributed by atoms with Gasteiger partial charge in [-0.25, -0.2) is 0 Å². The molecule has 2 atom stereocenters. The van der Waals surface area contributed by atoms with Crippen molar-refractivity contribution in [1.82, 2.24) is 0 Å². The molecular formula is C17H27N3. The van der Waals surface area contributed by atoms with Crippen LogP contribution in [-0.4, -0.2) is 25.2 Å². The minimum absolute atomic E-state index is 0.630. The Morgan fingerprint density at radius 1 is 1.00 bits per heavy atom. The Bertz CT molecular complexity index is 455. The van der Waals surface area contributed by atoms with Crippen LogP contribution in [0.2, 0.25) is 0 Å². The molecule has 2 fully saturated rings. The van der Waals surface area contributed by atoms with Crippen molar-refractivity contribution in [3.63, 3.8) is 0 Å². The molecule has 0 amide bonds. The third kappa shape index (κ3) is 2.46. The predicted octanol–water partition coefficient (Wildman–Crippen LogP) is 3.64. The van der Waals surface area contributed by atoms with E-state index in [4.69, 9.17) is 5.73 Å². The maximum atomic E-state index is 6.34. The summed E-state index contributed by atoms with van der Waals surface area (Å²) in [5.41, 5.74) is 9.80. The van der Waals surface area contributed by atoms with Gasteiger partial charge in [0.05, 0.1) is 11.4 Å². The number of benzene rings is 1. The third-order valence-electron chi connectivity index (χ3n) is 4.96. The second-order valence-corrected chi connectivity index (χ2v) is 6.47. The van der Waals surface area contributed by atoms with Gasteiger partial charge in [0.2, 0.25) is 0 Å². The van der Waals surface area contributed by atoms with E-state index in [2.05, 4.69) is 41.8 Å². The molecule has 2 aliphatic rings. The average molecular weight is 273 g/mol. The summed E-state index contributed by atoms with van der Waals surface area (Å²) in [5, 5.41) is 0. The van der Waals surface area contributed by atoms with Gasteiger partial charge < -0.3 is 15.5 Å². The van der Waals surface area contributed by atoms with E-state index >= 15 is 0 Å². The quantitative estimate of drug-likeness (QED) is 0.835. The fourth-order valence-corrected chi connectivity index (χ4v) is 3.83. The summed E-state index contributed by atoms with van der Waals surface area (Å²) in [6.45, 7) is 6.94. The molecule has 0 radical (unpaired) electrons. The first kappa shape index (κ1) is 13.6. The van der Waals surface area contributed by atoms with E-state index in [1.807, 2.05) is 0 Å². The Balaban J connectivity index is 1.83. The highest BCUT2D eigenvalue weighted by atomic mass is 15.2. The first-order chi connectivity index (χ1) is 9.66. The number of hydrogen-bond acceptors (Lipinski definition) is 3. The van der Waals surface area contributed by atoms with Gasteiger partial charge >= 0.3 is 0 Å². The summed E-state index contributed by atoms with van der Waals surface area (Å²) < 4.78 is 0. The highest BCUT2D eigenvalue weighted by Crippen LogP contribution is 2.35. The van der Waals surface area contributed by atoms with Gasteiger partial charge in [-0.1, -0.05) is 0 Å². The number of nitrogen functional groups attached to an aromatic ring is 1. The van der Waals surface area contributed by atoms with Gasteiger partial charge in [0, 0.05) is 30.9 Å². The van der Waals surface area contributed by atoms with Crippen LogP contribution in [0.1, 0.15) is 46.0 Å². The molecule has 3 nitrogen and oxygen atoms in total. The van der Waals surface area contributed by atoms with Crippen LogP contribution in [0.4, 0.5) is 17.1 Å². The predicted molar refractivity (Wildman–Crippen MR) is 87.6 cm³/mol. The molecule has 0 aliphatic carbocycles. The summed E-state index contributed by atoms with van der Waals surface area (Å²) in [6.07, 6.45) is 6.52. The Hall–Kier alpha value is -1.38. The topological polar surface area (TPSA) is 32.5 Å². The molecule has 2 saturated heterocycles. The average Bonchev–Trinajstić information content (AvgIpc) is 2.79. The van der Waals surface area contributed by atoms with Crippen LogP contribution in [0.3, 0.4) is 0 Å². The van der Waals surface area contributed by atoms with E-state index in [0.29, 0.717) is 12.1 Å². The number of piperidine rings is 1. The SMILES string of the molecule is C[C@@H]1CC[C@@H](C)N1c1ccc(N2CCCCC2)c(N)c1. The molecule has 2 N–H and O–H groups in total. The highest BCUT2D eigenvalue weighted by molar-refractivity contribution is 5.73. The summed E-state index contributed by atoms with van der Waals surface area (Å²) in [5.74, 6) is 0. The zero-order valence-electron chi connectivity index (χ0n) is 12.8. The molecule has 3 rings (SSSR count). The van der Waals surface area contributed by atoms with Crippen LogP contribution in [-0.2, 0) is 0 Å². The largest absolute Gasteiger partial charge is 0.397 e. The molecule has 3 heteroatoms. The standard InChI is InChI=1S/C17H27N3/c1-13-6-7-14(2)20(13)15-8-9-17(16(18)12-15)19-10-4-3-5-11-19/h8-9,12-14H,3-7,10-11,18H2,1-2H3/t13-,14-/m1/s1. The van der Waals surface area contributed by atoms with Crippen LogP contribution in [0.5, 0.6) is 0 Å². The molecule has 0 spiro atoms. The van der Waals surface area contributed by atoms with E-state index in [-0.39, 0.29) is 0 Å². The van der Waals surface area contributed by atoms with Crippen LogP contribution in [0.15, 0.2) is 18.2 Å². The second kappa shape index (κ2) is 5.55. The zero-order chi connectivity index (χ0) is 14.1. The second-order valence-electron chi connectivity index (χ2n) is 6.47. The number of hydrogen-bond donors (Lipinski definition) is 1. The van der Waals surface area contributed by atoms with Crippen LogP contribution < -0.4 is 15.5 Å². The first-order valence-electron chi connectivity index (χ1n) is 8.09. The summed E-state index contributed by atoms with van der Waals surface area (Å²) >= 11 is 0. The van der Waals surface area contributed by atoms with Gasteiger partial charge in [0.15, 0.2) is 0 Å². The van der Waals surface area contributed by atoms with E-state index < -0.39 is 0 Å². The Morgan fingerprint density at radius 2 is 1.65 bits per heavy atom. The fourth-order valence-electron chi connectivity index (χ4n) is 3.83. The van der Waals surface area contributed by atoms with Crippen LogP contribution in [0.25, 0.3) is 0 Å². The van der Waals surface area contributed by atoms with Crippen molar-refractivity contribution in [2.45, 2.75) is 58.0 Å². The van der Waals surface area contributed by atoms with E-state index in [0.717, 1.165) is 18.8 Å². The molecule has 2 aliphatic heterocycles. The fraction of sp³-hybridized carbons (Fsp3) is 0.647. The first-order valence-corrected chi connectivity index (χ1v) is 8.09. The van der Waals surface area contributed by atoms with Crippen molar-refractivity contribution < 1.29 is 0 Å². The zero-order valence-corrected chi connectivity index (χ0v) is 12.8. The van der Waals surface area contributed by atoms with Gasteiger partial charge in [-0.15, -0.1) is 0 Å². The van der Waals surface area contributed by atoms with Gasteiger partial charge in [-0.05, 0) is 64.2 Å². The molecule has 1 aromatic carbocycles. The minimum Gasteiger partial charge on any atom is -0.397 e. The lowest BCUT2D eigenvalue weighted by Crippen LogP contribution is -2.33. The Morgan fingerprint density at radius 3 is 2.25 bits per heavy atom. The smallest absolute Gasteiger partial charge is 0.0601 e. The maximum Gasteiger partial charge on any atom is 0.0601 e. The van der Waals surface area contributed by atoms with E-state index in [1.54, 1.807) is 0 Å². The molecule has 20 heavy (non-hydrogen) atoms. The van der Waals surface area contributed by atoms with Crippen LogP contribution in [0, 0.1) is 0 Å². The van der Waals surface area contributed by atoms with Gasteiger partial charge in [-0.3, -0.25) is 0 Å². The van der Waals surface area contributed by atoms with Crippen molar-refractivity contribution >= 4 is 17.1 Å². The normalized spacial score (nSPS) is 27.1. The van der Waals surface area contributed by atoms with Crippen molar-refractivity contribution in [2.24, 2.45) is 0 Å². The van der Waals surface area contributed by atoms with Crippen molar-refractivity contribution in [1.29, 1.82) is 0 Å². The molecule has 2 heterocycles. The molecule has 0 aromatic heterocycles. The van der Waals surface area contributed by atoms with Gasteiger partial charge in [0.25, 0.3) is 0 Å². The molecule has 0 unspecified atom stereocenters. The van der Waals surface area contributed by atoms with Crippen molar-refractivity contribution in [3.05, 3.63) is 18.2 Å². The molecule has 0 saturated carbocycles. The summed E-state index contributed by atoms with van der Waals surface area (Å²) in [4.78, 5) is 4.97. The Labute approximate surface area is 122 Å². The summed E-state index contributed by atoms with van der Waals surface area (Å²) in [6, 6.07) is 7.93. The lowest BCUT2D eigenvalue weighted by Gasteiger charge is -2.32. The van der Waals surface area contributed by atoms with E-state index in [1.165, 1.54) is 43.5 Å². The number of rotatable bonds is 2. The number of anilines is 3. The minimum atomic E-state index is 0.630. The number of nitrogens with zero attached hydrogens (tertiary/aromatic N) is 2. The maximum absolute atomic E-state index is 6.34. The highest BCUT2D eigenvalue weighted by Gasteiger charge is 2.27. The lowest BCUT2D eigenvalue weighted by molar-refractivity contribution is 0.578. The van der Waals surface area contributed by atoms with Crippen LogP contribution >= 0.6 is 0 Å². The molecular weight excluding hydrogens is 246 g/mol. The lowest BCUT2D eigenvalue weighted by atomic mass is 10.1. The van der Waals surface area contributed by atoms with Crippen molar-refractivity contribution in [2.75, 3.05) is 28.6 Å². The molecule has 0 bridgehead atoms. The van der Waals surface area contributed by atoms with Crippen molar-refractivity contribution in [3.8, 4) is 0 Å². The third-order valence-corrected chi connectivity index (χ3v) is 4.96. The number of nitrogens with two attached hydrogens (primary N) is 1. The van der Waals surface area contributed by atoms with E-state index in [9.17, 15) is 0 Å². The van der Waals surface area contributed by atoms with Gasteiger partial charge in [-0.2, -0.15) is 0 Å². The molecule has 1 aromatic rings. The summed E-state index contributed by atoms with van der Waals surface area (Å²) in [7, 11) is 0.